The van der Waals surface area contributed by atoms with Crippen molar-refractivity contribution in [3.63, 3.8) is 0 Å². The first-order chi connectivity index (χ1) is 11.1. The Bertz CT molecular complexity index is 543. The Morgan fingerprint density at radius 2 is 2.00 bits per heavy atom. The van der Waals surface area contributed by atoms with E-state index in [1.807, 2.05) is 24.1 Å². The highest BCUT2D eigenvalue weighted by Gasteiger charge is 2.28. The first-order valence-corrected chi connectivity index (χ1v) is 8.52. The van der Waals surface area contributed by atoms with Crippen LogP contribution in [-0.2, 0) is 16.0 Å². The number of ether oxygens (including phenoxy) is 1. The number of carbonyl (C=O) groups is 1. The van der Waals surface area contributed by atoms with E-state index in [2.05, 4.69) is 14.9 Å². The Morgan fingerprint density at radius 3 is 2.70 bits per heavy atom. The number of piperazine rings is 1. The lowest BCUT2D eigenvalue weighted by Crippen LogP contribution is -2.49. The van der Waals surface area contributed by atoms with Crippen molar-refractivity contribution < 1.29 is 9.53 Å². The van der Waals surface area contributed by atoms with Crippen LogP contribution in [0.3, 0.4) is 0 Å². The van der Waals surface area contributed by atoms with Crippen LogP contribution in [0.2, 0.25) is 0 Å². The minimum Gasteiger partial charge on any atom is -0.373 e. The molecule has 2 atom stereocenters. The normalized spacial score (nSPS) is 25.7. The van der Waals surface area contributed by atoms with Crippen molar-refractivity contribution in [3.8, 4) is 0 Å². The summed E-state index contributed by atoms with van der Waals surface area (Å²) in [7, 11) is 0. The Hall–Kier alpha value is -1.53. The maximum atomic E-state index is 11.4. The highest BCUT2D eigenvalue weighted by atomic mass is 16.5. The smallest absolute Gasteiger partial charge is 0.219 e. The summed E-state index contributed by atoms with van der Waals surface area (Å²) in [6, 6.07) is 1.98. The summed E-state index contributed by atoms with van der Waals surface area (Å²) < 4.78 is 6.20. The first kappa shape index (κ1) is 16.3. The fourth-order valence-corrected chi connectivity index (χ4v) is 3.45. The van der Waals surface area contributed by atoms with Crippen LogP contribution in [0.4, 0.5) is 0 Å². The van der Waals surface area contributed by atoms with Gasteiger partial charge in [0, 0.05) is 58.0 Å². The minimum absolute atomic E-state index is 0.182. The van der Waals surface area contributed by atoms with Crippen molar-refractivity contribution in [1.29, 1.82) is 0 Å². The molecule has 126 valence electrons. The van der Waals surface area contributed by atoms with Gasteiger partial charge in [0.2, 0.25) is 5.91 Å². The molecule has 23 heavy (non-hydrogen) atoms. The predicted molar refractivity (Wildman–Crippen MR) is 87.1 cm³/mol. The molecule has 0 N–H and O–H groups in total. The van der Waals surface area contributed by atoms with E-state index in [1.54, 1.807) is 6.92 Å². The second-order valence-electron chi connectivity index (χ2n) is 6.56. The van der Waals surface area contributed by atoms with Crippen LogP contribution in [0.5, 0.6) is 0 Å². The third kappa shape index (κ3) is 4.48. The van der Waals surface area contributed by atoms with E-state index in [0.717, 1.165) is 63.5 Å². The fraction of sp³-hybridized carbons (Fsp3) is 0.706. The largest absolute Gasteiger partial charge is 0.373 e. The lowest BCUT2D eigenvalue weighted by atomic mass is 10.1. The molecular weight excluding hydrogens is 292 g/mol. The van der Waals surface area contributed by atoms with Crippen LogP contribution in [0.15, 0.2) is 12.3 Å². The van der Waals surface area contributed by atoms with Gasteiger partial charge in [-0.2, -0.15) is 0 Å². The van der Waals surface area contributed by atoms with Crippen LogP contribution in [-0.4, -0.2) is 70.6 Å². The van der Waals surface area contributed by atoms with E-state index in [0.29, 0.717) is 6.10 Å². The number of hydrogen-bond acceptors (Lipinski definition) is 5. The van der Waals surface area contributed by atoms with Crippen LogP contribution >= 0.6 is 0 Å². The molecular formula is C17H26N4O2. The van der Waals surface area contributed by atoms with Crippen molar-refractivity contribution in [2.75, 3.05) is 32.7 Å². The zero-order valence-corrected chi connectivity index (χ0v) is 14.1. The summed E-state index contributed by atoms with van der Waals surface area (Å²) in [6.45, 7) is 8.13. The van der Waals surface area contributed by atoms with E-state index in [1.165, 1.54) is 0 Å². The molecule has 6 nitrogen and oxygen atoms in total. The lowest BCUT2D eigenvalue weighted by Gasteiger charge is -2.35. The summed E-state index contributed by atoms with van der Waals surface area (Å²) in [5.74, 6) is 1.00. The number of amides is 1. The molecule has 2 saturated heterocycles. The SMILES string of the molecule is CC(=O)N1CCN(C[C@H]2CC[C@@H](Cc3ccnc(C)n3)O2)CC1. The highest BCUT2D eigenvalue weighted by Crippen LogP contribution is 2.23. The number of carbonyl (C=O) groups excluding carboxylic acids is 1. The fourth-order valence-electron chi connectivity index (χ4n) is 3.45. The minimum atomic E-state index is 0.182. The van der Waals surface area contributed by atoms with Crippen LogP contribution in [0.25, 0.3) is 0 Å². The molecule has 0 radical (unpaired) electrons. The van der Waals surface area contributed by atoms with Gasteiger partial charge >= 0.3 is 0 Å². The highest BCUT2D eigenvalue weighted by molar-refractivity contribution is 5.73. The Kier molecular flexibility index (Phi) is 5.23. The van der Waals surface area contributed by atoms with E-state index in [-0.39, 0.29) is 12.0 Å². The summed E-state index contributed by atoms with van der Waals surface area (Å²) in [4.78, 5) is 24.3. The van der Waals surface area contributed by atoms with Crippen LogP contribution < -0.4 is 0 Å². The molecule has 0 aromatic carbocycles. The number of aromatic nitrogens is 2. The van der Waals surface area contributed by atoms with Gasteiger partial charge < -0.3 is 9.64 Å². The summed E-state index contributed by atoms with van der Waals surface area (Å²) in [5, 5.41) is 0. The summed E-state index contributed by atoms with van der Waals surface area (Å²) in [5.41, 5.74) is 1.07. The number of rotatable bonds is 4. The Labute approximate surface area is 137 Å². The molecule has 0 bridgehead atoms. The molecule has 0 spiro atoms. The van der Waals surface area contributed by atoms with Crippen LogP contribution in [0, 0.1) is 6.92 Å². The third-order valence-electron chi connectivity index (χ3n) is 4.75. The van der Waals surface area contributed by atoms with Gasteiger partial charge in [0.05, 0.1) is 12.2 Å². The second kappa shape index (κ2) is 7.36. The van der Waals surface area contributed by atoms with Gasteiger partial charge in [-0.3, -0.25) is 9.69 Å². The van der Waals surface area contributed by atoms with Gasteiger partial charge in [-0.05, 0) is 25.8 Å². The number of nitrogens with zero attached hydrogens (tertiary/aromatic N) is 4. The van der Waals surface area contributed by atoms with Crippen molar-refractivity contribution in [2.24, 2.45) is 0 Å². The molecule has 0 saturated carbocycles. The van der Waals surface area contributed by atoms with E-state index in [4.69, 9.17) is 4.74 Å². The molecule has 1 aromatic heterocycles. The average Bonchev–Trinajstić information content (AvgIpc) is 2.95. The molecule has 3 heterocycles. The van der Waals surface area contributed by atoms with Crippen molar-refractivity contribution >= 4 is 5.91 Å². The van der Waals surface area contributed by atoms with E-state index in [9.17, 15) is 4.79 Å². The van der Waals surface area contributed by atoms with Gasteiger partial charge in [-0.15, -0.1) is 0 Å². The standard InChI is InChI=1S/C17H26N4O2/c1-13-18-6-5-15(19-13)11-16-3-4-17(23-16)12-20-7-9-21(10-8-20)14(2)22/h5-6,16-17H,3-4,7-12H2,1-2H3/t16-,17+/m0/s1. The third-order valence-corrected chi connectivity index (χ3v) is 4.75. The zero-order valence-electron chi connectivity index (χ0n) is 14.1. The Morgan fingerprint density at radius 1 is 1.26 bits per heavy atom. The number of hydrogen-bond donors (Lipinski definition) is 0. The molecule has 0 aliphatic carbocycles. The van der Waals surface area contributed by atoms with Gasteiger partial charge in [0.1, 0.15) is 5.82 Å². The molecule has 1 amide bonds. The topological polar surface area (TPSA) is 58.6 Å². The van der Waals surface area contributed by atoms with Crippen molar-refractivity contribution in [2.45, 2.75) is 45.3 Å². The molecule has 1 aromatic rings. The van der Waals surface area contributed by atoms with Crippen molar-refractivity contribution in [3.05, 3.63) is 23.8 Å². The second-order valence-corrected chi connectivity index (χ2v) is 6.56. The van der Waals surface area contributed by atoms with E-state index >= 15 is 0 Å². The van der Waals surface area contributed by atoms with Gasteiger partial charge in [0.25, 0.3) is 0 Å². The predicted octanol–water partition coefficient (Wildman–Crippen LogP) is 1.04. The monoisotopic (exact) mass is 318 g/mol. The van der Waals surface area contributed by atoms with Crippen molar-refractivity contribution in [1.82, 2.24) is 19.8 Å². The average molecular weight is 318 g/mol. The maximum absolute atomic E-state index is 11.4. The van der Waals surface area contributed by atoms with Gasteiger partial charge in [-0.25, -0.2) is 9.97 Å². The molecule has 2 aliphatic rings. The van der Waals surface area contributed by atoms with Gasteiger partial charge in [-0.1, -0.05) is 0 Å². The lowest BCUT2D eigenvalue weighted by molar-refractivity contribution is -0.130. The van der Waals surface area contributed by atoms with E-state index < -0.39 is 0 Å². The molecule has 0 unspecified atom stereocenters. The summed E-state index contributed by atoms with van der Waals surface area (Å²) in [6.07, 6.45) is 5.49. The Balaban J connectivity index is 1.43. The molecule has 2 aliphatic heterocycles. The number of aryl methyl sites for hydroxylation is 1. The maximum Gasteiger partial charge on any atom is 0.219 e. The van der Waals surface area contributed by atoms with Crippen LogP contribution in [0.1, 0.15) is 31.3 Å². The quantitative estimate of drug-likeness (QED) is 0.830. The van der Waals surface area contributed by atoms with Gasteiger partial charge in [0.15, 0.2) is 0 Å². The molecule has 2 fully saturated rings. The first-order valence-electron chi connectivity index (χ1n) is 8.52. The molecule has 3 rings (SSSR count). The zero-order chi connectivity index (χ0) is 16.2. The molecule has 6 heteroatoms. The summed E-state index contributed by atoms with van der Waals surface area (Å²) >= 11 is 0.